The number of aryl methyl sites for hydroxylation is 3. The normalized spacial score (nSPS) is 40.0. The van der Waals surface area contributed by atoms with Gasteiger partial charge in [-0.2, -0.15) is 0 Å². The van der Waals surface area contributed by atoms with Gasteiger partial charge >= 0.3 is 0 Å². The number of nitrogens with one attached hydrogen (secondary N) is 1. The number of hydrogen-bond donors (Lipinski definition) is 1. The summed E-state index contributed by atoms with van der Waals surface area (Å²) in [5, 5.41) is 3.44. The lowest BCUT2D eigenvalue weighted by Crippen LogP contribution is -2.65. The molecule has 0 saturated heterocycles. The molecule has 4 bridgehead atoms. The minimum Gasteiger partial charge on any atom is -0.345 e. The fourth-order valence-corrected chi connectivity index (χ4v) is 6.82. The maximum absolute atomic E-state index is 13.0. The molecule has 1 N–H and O–H groups in total. The van der Waals surface area contributed by atoms with Crippen molar-refractivity contribution >= 4 is 5.91 Å². The first-order chi connectivity index (χ1) is 11.1. The third-order valence-electron chi connectivity index (χ3n) is 6.70. The van der Waals surface area contributed by atoms with Crippen molar-refractivity contribution in [3.8, 4) is 0 Å². The summed E-state index contributed by atoms with van der Waals surface area (Å²) in [6.45, 7) is 10.6. The smallest absolute Gasteiger partial charge is 0.272 e. The number of hydrogen-bond acceptors (Lipinski definition) is 3. The van der Waals surface area contributed by atoms with E-state index in [1.54, 1.807) is 0 Å². The van der Waals surface area contributed by atoms with Crippen LogP contribution >= 0.6 is 0 Å². The van der Waals surface area contributed by atoms with E-state index in [1.165, 1.54) is 19.3 Å². The highest BCUT2D eigenvalue weighted by atomic mass is 16.2. The van der Waals surface area contributed by atoms with E-state index in [0.29, 0.717) is 16.5 Å². The predicted molar refractivity (Wildman–Crippen MR) is 93.8 cm³/mol. The van der Waals surface area contributed by atoms with Crippen LogP contribution in [0.1, 0.15) is 79.9 Å². The van der Waals surface area contributed by atoms with E-state index >= 15 is 0 Å². The largest absolute Gasteiger partial charge is 0.345 e. The van der Waals surface area contributed by atoms with E-state index < -0.39 is 0 Å². The lowest BCUT2D eigenvalue weighted by atomic mass is 9.43. The monoisotopic (exact) mass is 327 g/mol. The van der Waals surface area contributed by atoms with Crippen LogP contribution in [0.3, 0.4) is 0 Å². The Kier molecular flexibility index (Phi) is 3.21. The van der Waals surface area contributed by atoms with Gasteiger partial charge < -0.3 is 5.32 Å². The molecule has 130 valence electrons. The van der Waals surface area contributed by atoms with Gasteiger partial charge in [0.05, 0.1) is 17.1 Å². The fraction of sp³-hybridized carbons (Fsp3) is 0.750. The summed E-state index contributed by atoms with van der Waals surface area (Å²) in [5.74, 6) is 0.737. The van der Waals surface area contributed by atoms with Crippen LogP contribution in [0.4, 0.5) is 0 Å². The van der Waals surface area contributed by atoms with E-state index in [2.05, 4.69) is 29.1 Å². The van der Waals surface area contributed by atoms with Crippen molar-refractivity contribution in [1.29, 1.82) is 0 Å². The van der Waals surface area contributed by atoms with E-state index in [4.69, 9.17) is 0 Å². The van der Waals surface area contributed by atoms with Crippen LogP contribution in [0, 0.1) is 37.5 Å². The van der Waals surface area contributed by atoms with Crippen molar-refractivity contribution in [1.82, 2.24) is 15.3 Å². The number of carbonyl (C=O) groups excluding carboxylic acids is 1. The van der Waals surface area contributed by atoms with E-state index in [9.17, 15) is 4.79 Å². The van der Waals surface area contributed by atoms with Crippen LogP contribution in [-0.4, -0.2) is 21.4 Å². The molecule has 4 fully saturated rings. The highest BCUT2D eigenvalue weighted by molar-refractivity contribution is 5.93. The molecule has 4 aliphatic carbocycles. The quantitative estimate of drug-likeness (QED) is 0.897. The van der Waals surface area contributed by atoms with Crippen LogP contribution in [0.25, 0.3) is 0 Å². The Bertz CT molecular complexity index is 708. The molecule has 4 saturated carbocycles. The molecule has 4 nitrogen and oxygen atoms in total. The van der Waals surface area contributed by atoms with Crippen LogP contribution < -0.4 is 5.32 Å². The first-order valence-electron chi connectivity index (χ1n) is 9.26. The fourth-order valence-electron chi connectivity index (χ4n) is 6.82. The number of nitrogens with zero attached hydrogens (tertiary/aromatic N) is 2. The summed E-state index contributed by atoms with van der Waals surface area (Å²) in [5.41, 5.74) is 3.74. The Balaban J connectivity index is 1.64. The lowest BCUT2D eigenvalue weighted by Gasteiger charge is -2.65. The predicted octanol–water partition coefficient (Wildman–Crippen LogP) is 3.88. The lowest BCUT2D eigenvalue weighted by molar-refractivity contribution is -0.114. The third kappa shape index (κ3) is 2.46. The Labute approximate surface area is 144 Å². The molecule has 2 unspecified atom stereocenters. The van der Waals surface area contributed by atoms with Gasteiger partial charge in [-0.05, 0) is 76.0 Å². The summed E-state index contributed by atoms with van der Waals surface area (Å²) in [7, 11) is 0. The van der Waals surface area contributed by atoms with Gasteiger partial charge in [-0.25, -0.2) is 4.98 Å². The molecule has 1 heterocycles. The second-order valence-electron chi connectivity index (χ2n) is 9.69. The van der Waals surface area contributed by atoms with Crippen molar-refractivity contribution in [2.45, 2.75) is 78.7 Å². The van der Waals surface area contributed by atoms with Crippen molar-refractivity contribution in [2.24, 2.45) is 16.7 Å². The van der Waals surface area contributed by atoms with E-state index in [-0.39, 0.29) is 11.4 Å². The Morgan fingerprint density at radius 1 is 0.917 bits per heavy atom. The maximum Gasteiger partial charge on any atom is 0.272 e. The second-order valence-corrected chi connectivity index (χ2v) is 9.69. The summed E-state index contributed by atoms with van der Waals surface area (Å²) in [6, 6.07) is 0. The molecule has 1 aromatic heterocycles. The van der Waals surface area contributed by atoms with Crippen LogP contribution in [0.15, 0.2) is 0 Å². The molecule has 4 aliphatic rings. The molecule has 1 amide bonds. The summed E-state index contributed by atoms with van der Waals surface area (Å²) in [6.07, 6.45) is 7.37. The van der Waals surface area contributed by atoms with Crippen LogP contribution in [0.2, 0.25) is 0 Å². The number of amides is 1. The molecule has 5 rings (SSSR count). The molecule has 0 aromatic carbocycles. The minimum absolute atomic E-state index is 0.0303. The topological polar surface area (TPSA) is 54.9 Å². The highest BCUT2D eigenvalue weighted by Gasteiger charge is 2.60. The number of carbonyl (C=O) groups is 1. The molecule has 4 heteroatoms. The number of aromatic nitrogens is 2. The Morgan fingerprint density at radius 2 is 1.50 bits per heavy atom. The zero-order valence-electron chi connectivity index (χ0n) is 15.6. The Hall–Kier alpha value is -1.45. The number of rotatable bonds is 2. The first kappa shape index (κ1) is 16.0. The van der Waals surface area contributed by atoms with Gasteiger partial charge in [0, 0.05) is 5.54 Å². The molecule has 0 spiro atoms. The summed E-state index contributed by atoms with van der Waals surface area (Å²) in [4.78, 5) is 22.0. The van der Waals surface area contributed by atoms with Gasteiger partial charge in [0.1, 0.15) is 5.69 Å². The second kappa shape index (κ2) is 4.80. The van der Waals surface area contributed by atoms with Crippen molar-refractivity contribution < 1.29 is 4.79 Å². The molecule has 0 radical (unpaired) electrons. The molecule has 24 heavy (non-hydrogen) atoms. The maximum atomic E-state index is 13.0. The first-order valence-corrected chi connectivity index (χ1v) is 9.26. The molecule has 1 aromatic rings. The van der Waals surface area contributed by atoms with Gasteiger partial charge in [0.25, 0.3) is 5.91 Å². The molecular weight excluding hydrogens is 298 g/mol. The van der Waals surface area contributed by atoms with Gasteiger partial charge in [0.15, 0.2) is 0 Å². The molecule has 0 aliphatic heterocycles. The standard InChI is InChI=1S/C20H29N3O/c1-12-13(2)22-16(14(3)21-12)17(24)23-20-8-15-6-18(4,10-20)9-19(5,7-15)11-20/h15H,6-11H2,1-5H3,(H,23,24). The van der Waals surface area contributed by atoms with E-state index in [1.807, 2.05) is 20.8 Å². The van der Waals surface area contributed by atoms with Gasteiger partial charge in [-0.1, -0.05) is 13.8 Å². The van der Waals surface area contributed by atoms with Gasteiger partial charge in [0.2, 0.25) is 0 Å². The zero-order chi connectivity index (χ0) is 17.3. The summed E-state index contributed by atoms with van der Waals surface area (Å²) < 4.78 is 0. The highest BCUT2D eigenvalue weighted by Crippen LogP contribution is 2.66. The van der Waals surface area contributed by atoms with Crippen molar-refractivity contribution in [3.63, 3.8) is 0 Å². The molecule has 2 atom stereocenters. The van der Waals surface area contributed by atoms with Crippen LogP contribution in [0.5, 0.6) is 0 Å². The Morgan fingerprint density at radius 3 is 2.08 bits per heavy atom. The molecular formula is C20H29N3O. The average Bonchev–Trinajstić information content (AvgIpc) is 2.37. The van der Waals surface area contributed by atoms with E-state index in [0.717, 1.165) is 42.3 Å². The summed E-state index contributed by atoms with van der Waals surface area (Å²) >= 11 is 0. The third-order valence-corrected chi connectivity index (χ3v) is 6.70. The van der Waals surface area contributed by atoms with Crippen molar-refractivity contribution in [3.05, 3.63) is 22.8 Å². The van der Waals surface area contributed by atoms with Crippen molar-refractivity contribution in [2.75, 3.05) is 0 Å². The van der Waals surface area contributed by atoms with Gasteiger partial charge in [-0.15, -0.1) is 0 Å². The minimum atomic E-state index is -0.0348. The van der Waals surface area contributed by atoms with Crippen LogP contribution in [-0.2, 0) is 0 Å². The average molecular weight is 327 g/mol. The zero-order valence-corrected chi connectivity index (χ0v) is 15.6. The SMILES string of the molecule is Cc1nc(C)c(C(=O)NC23CC4CC(C)(CC(C)(C4)C2)C3)nc1C. The van der Waals surface area contributed by atoms with Gasteiger partial charge in [-0.3, -0.25) is 9.78 Å².